The van der Waals surface area contributed by atoms with Gasteiger partial charge in [-0.2, -0.15) is 0 Å². The summed E-state index contributed by atoms with van der Waals surface area (Å²) in [5, 5.41) is 15.6. The van der Waals surface area contributed by atoms with E-state index in [1.54, 1.807) is 30.3 Å². The number of aromatic nitrogens is 1. The minimum absolute atomic E-state index is 0.138. The Hall–Kier alpha value is -2.54. The molecule has 2 rings (SSSR count). The quantitative estimate of drug-likeness (QED) is 0.882. The van der Waals surface area contributed by atoms with Crippen LogP contribution in [0.15, 0.2) is 41.1 Å². The second kappa shape index (κ2) is 6.76. The number of hydrogen-bond acceptors (Lipinski definition) is 4. The fraction of sp³-hybridized carbons (Fsp3) is 0.154. The SMILES string of the molecule is O=C(O)CN(C(=O)NCc1ccon1)c1ccc(Cl)cc1. The third-order valence-electron chi connectivity index (χ3n) is 2.59. The van der Waals surface area contributed by atoms with Crippen LogP contribution in [0.4, 0.5) is 10.5 Å². The van der Waals surface area contributed by atoms with Crippen molar-refractivity contribution < 1.29 is 19.2 Å². The van der Waals surface area contributed by atoms with Crippen LogP contribution in [0, 0.1) is 0 Å². The number of benzene rings is 1. The molecule has 0 saturated heterocycles. The Kier molecular flexibility index (Phi) is 4.78. The van der Waals surface area contributed by atoms with Gasteiger partial charge < -0.3 is 14.9 Å². The average molecular weight is 310 g/mol. The molecular weight excluding hydrogens is 298 g/mol. The topological polar surface area (TPSA) is 95.7 Å². The Balaban J connectivity index is 2.09. The zero-order chi connectivity index (χ0) is 15.2. The van der Waals surface area contributed by atoms with Crippen molar-refractivity contribution in [1.82, 2.24) is 10.5 Å². The molecule has 110 valence electrons. The molecule has 0 unspecified atom stereocenters. The molecule has 1 aromatic carbocycles. The van der Waals surface area contributed by atoms with Gasteiger partial charge in [0.1, 0.15) is 18.5 Å². The number of urea groups is 1. The van der Waals surface area contributed by atoms with Crippen LogP contribution >= 0.6 is 11.6 Å². The third-order valence-corrected chi connectivity index (χ3v) is 2.84. The first kappa shape index (κ1) is 14.9. The van der Waals surface area contributed by atoms with E-state index in [1.807, 2.05) is 0 Å². The highest BCUT2D eigenvalue weighted by Crippen LogP contribution is 2.18. The normalized spacial score (nSPS) is 10.1. The first-order chi connectivity index (χ1) is 10.1. The van der Waals surface area contributed by atoms with E-state index in [9.17, 15) is 9.59 Å². The van der Waals surface area contributed by atoms with Crippen LogP contribution in [0.3, 0.4) is 0 Å². The number of carboxylic acids is 1. The number of nitrogens with one attached hydrogen (secondary N) is 1. The summed E-state index contributed by atoms with van der Waals surface area (Å²) in [6.45, 7) is -0.328. The van der Waals surface area contributed by atoms with Crippen LogP contribution in [0.1, 0.15) is 5.69 Å². The Morgan fingerprint density at radius 1 is 1.29 bits per heavy atom. The highest BCUT2D eigenvalue weighted by Gasteiger charge is 2.18. The van der Waals surface area contributed by atoms with E-state index in [2.05, 4.69) is 15.0 Å². The highest BCUT2D eigenvalue weighted by atomic mass is 35.5. The first-order valence-corrected chi connectivity index (χ1v) is 6.36. The average Bonchev–Trinajstić information content (AvgIpc) is 2.96. The molecule has 0 spiro atoms. The van der Waals surface area contributed by atoms with Crippen molar-refractivity contribution in [3.8, 4) is 0 Å². The lowest BCUT2D eigenvalue weighted by molar-refractivity contribution is -0.135. The number of amides is 2. The molecule has 0 aliphatic carbocycles. The maximum absolute atomic E-state index is 12.1. The minimum atomic E-state index is -1.12. The van der Waals surface area contributed by atoms with Gasteiger partial charge in [-0.3, -0.25) is 9.69 Å². The monoisotopic (exact) mass is 309 g/mol. The number of hydrogen-bond donors (Lipinski definition) is 2. The molecule has 7 nitrogen and oxygen atoms in total. The van der Waals surface area contributed by atoms with E-state index in [0.717, 1.165) is 4.90 Å². The van der Waals surface area contributed by atoms with E-state index in [-0.39, 0.29) is 6.54 Å². The van der Waals surface area contributed by atoms with Crippen LogP contribution < -0.4 is 10.2 Å². The van der Waals surface area contributed by atoms with Crippen molar-refractivity contribution in [2.45, 2.75) is 6.54 Å². The number of nitrogens with zero attached hydrogens (tertiary/aromatic N) is 2. The summed E-state index contributed by atoms with van der Waals surface area (Å²) in [6, 6.07) is 7.35. The van der Waals surface area contributed by atoms with Crippen LogP contribution in [-0.4, -0.2) is 28.8 Å². The Morgan fingerprint density at radius 3 is 2.57 bits per heavy atom. The zero-order valence-electron chi connectivity index (χ0n) is 10.8. The number of carboxylic acid groups (broad SMARTS) is 1. The summed E-state index contributed by atoms with van der Waals surface area (Å²) < 4.78 is 4.65. The van der Waals surface area contributed by atoms with E-state index < -0.39 is 18.5 Å². The Labute approximate surface area is 125 Å². The van der Waals surface area contributed by atoms with Crippen molar-refractivity contribution >= 4 is 29.3 Å². The van der Waals surface area contributed by atoms with Crippen LogP contribution in [-0.2, 0) is 11.3 Å². The van der Waals surface area contributed by atoms with Gasteiger partial charge in [-0.05, 0) is 24.3 Å². The zero-order valence-corrected chi connectivity index (χ0v) is 11.6. The second-order valence-corrected chi connectivity index (χ2v) is 4.54. The Bertz CT molecular complexity index is 613. The van der Waals surface area contributed by atoms with Crippen LogP contribution in [0.5, 0.6) is 0 Å². The molecule has 0 atom stereocenters. The fourth-order valence-electron chi connectivity index (χ4n) is 1.63. The predicted molar refractivity (Wildman–Crippen MR) is 75.2 cm³/mol. The molecule has 0 bridgehead atoms. The van der Waals surface area contributed by atoms with Gasteiger partial charge in [0.15, 0.2) is 0 Å². The number of rotatable bonds is 5. The van der Waals surface area contributed by atoms with Gasteiger partial charge in [0.25, 0.3) is 0 Å². The highest BCUT2D eigenvalue weighted by molar-refractivity contribution is 6.30. The maximum Gasteiger partial charge on any atom is 0.323 e. The molecule has 0 aliphatic heterocycles. The first-order valence-electron chi connectivity index (χ1n) is 5.98. The molecule has 21 heavy (non-hydrogen) atoms. The van der Waals surface area contributed by atoms with Gasteiger partial charge in [0, 0.05) is 16.8 Å². The van der Waals surface area contributed by atoms with Gasteiger partial charge in [0.05, 0.1) is 6.54 Å². The second-order valence-electron chi connectivity index (χ2n) is 4.11. The summed E-state index contributed by atoms with van der Waals surface area (Å²) in [6.07, 6.45) is 1.38. The minimum Gasteiger partial charge on any atom is -0.480 e. The lowest BCUT2D eigenvalue weighted by Gasteiger charge is -2.21. The van der Waals surface area contributed by atoms with Gasteiger partial charge in [-0.1, -0.05) is 16.8 Å². The van der Waals surface area contributed by atoms with E-state index in [4.69, 9.17) is 16.7 Å². The van der Waals surface area contributed by atoms with Gasteiger partial charge in [-0.25, -0.2) is 4.79 Å². The smallest absolute Gasteiger partial charge is 0.323 e. The van der Waals surface area contributed by atoms with Crippen molar-refractivity contribution in [3.05, 3.63) is 47.3 Å². The fourth-order valence-corrected chi connectivity index (χ4v) is 1.75. The Morgan fingerprint density at radius 2 is 2.00 bits per heavy atom. The molecule has 1 heterocycles. The molecule has 1 aromatic heterocycles. The lowest BCUT2D eigenvalue weighted by atomic mass is 10.3. The summed E-state index contributed by atoms with van der Waals surface area (Å²) in [7, 11) is 0. The number of anilines is 1. The van der Waals surface area contributed by atoms with Gasteiger partial charge in [-0.15, -0.1) is 0 Å². The standard InChI is InChI=1S/C13H12ClN3O4/c14-9-1-3-11(4-2-9)17(8-12(18)19)13(20)15-7-10-5-6-21-16-10/h1-6H,7-8H2,(H,15,20)(H,18,19). The molecule has 2 N–H and O–H groups in total. The van der Waals surface area contributed by atoms with Gasteiger partial charge in [0.2, 0.25) is 0 Å². The lowest BCUT2D eigenvalue weighted by Crippen LogP contribution is -2.42. The van der Waals surface area contributed by atoms with Crippen molar-refractivity contribution in [3.63, 3.8) is 0 Å². The molecular formula is C13H12ClN3O4. The van der Waals surface area contributed by atoms with Crippen LogP contribution in [0.25, 0.3) is 0 Å². The molecule has 2 aromatic rings. The molecule has 0 radical (unpaired) electrons. The third kappa shape index (κ3) is 4.22. The summed E-state index contributed by atoms with van der Waals surface area (Å²) in [5.41, 5.74) is 0.967. The summed E-state index contributed by atoms with van der Waals surface area (Å²) >= 11 is 5.78. The number of aliphatic carboxylic acids is 1. The summed E-state index contributed by atoms with van der Waals surface area (Å²) in [5.74, 6) is -1.12. The molecule has 2 amide bonds. The van der Waals surface area contributed by atoms with Crippen molar-refractivity contribution in [2.24, 2.45) is 0 Å². The molecule has 0 saturated carbocycles. The van der Waals surface area contributed by atoms with E-state index in [1.165, 1.54) is 6.26 Å². The summed E-state index contributed by atoms with van der Waals surface area (Å²) in [4.78, 5) is 24.1. The maximum atomic E-state index is 12.1. The molecule has 0 aliphatic rings. The van der Waals surface area contributed by atoms with Crippen molar-refractivity contribution in [1.29, 1.82) is 0 Å². The number of halogens is 1. The van der Waals surface area contributed by atoms with Crippen molar-refractivity contribution in [2.75, 3.05) is 11.4 Å². The van der Waals surface area contributed by atoms with E-state index >= 15 is 0 Å². The number of carbonyl (C=O) groups excluding carboxylic acids is 1. The largest absolute Gasteiger partial charge is 0.480 e. The van der Waals surface area contributed by atoms with E-state index in [0.29, 0.717) is 16.4 Å². The van der Waals surface area contributed by atoms with Crippen LogP contribution in [0.2, 0.25) is 5.02 Å². The molecule has 8 heteroatoms. The van der Waals surface area contributed by atoms with Gasteiger partial charge >= 0.3 is 12.0 Å². The number of carbonyl (C=O) groups is 2. The molecule has 0 fully saturated rings. The predicted octanol–water partition coefficient (Wildman–Crippen LogP) is 2.13.